The number of rotatable bonds is 4. The summed E-state index contributed by atoms with van der Waals surface area (Å²) in [5, 5.41) is 13.1. The Kier molecular flexibility index (Phi) is 4.45. The third kappa shape index (κ3) is 2.73. The number of hydrazine groups is 1. The maximum Gasteiger partial charge on any atom is 0.270 e. The molecule has 128 valence electrons. The predicted molar refractivity (Wildman–Crippen MR) is 86.8 cm³/mol. The van der Waals surface area contributed by atoms with Gasteiger partial charge in [-0.25, -0.2) is 0 Å². The minimum Gasteiger partial charge on any atom is -0.550 e. The summed E-state index contributed by atoms with van der Waals surface area (Å²) in [4.78, 5) is 37.1. The molecule has 6 nitrogen and oxygen atoms in total. The summed E-state index contributed by atoms with van der Waals surface area (Å²) in [6, 6.07) is 0. The number of allylic oxidation sites excluding steroid dienone is 2. The molecule has 1 fully saturated rings. The summed E-state index contributed by atoms with van der Waals surface area (Å²) < 4.78 is 0. The highest BCUT2D eigenvalue weighted by atomic mass is 32.1. The molecule has 2 aliphatic carbocycles. The smallest absolute Gasteiger partial charge is 0.270 e. The van der Waals surface area contributed by atoms with Gasteiger partial charge in [-0.3, -0.25) is 20.4 Å². The van der Waals surface area contributed by atoms with Gasteiger partial charge in [0, 0.05) is 22.1 Å². The number of hydrogen-bond acceptors (Lipinski definition) is 5. The van der Waals surface area contributed by atoms with Crippen molar-refractivity contribution in [2.24, 2.45) is 23.7 Å². The Morgan fingerprint density at radius 1 is 1.21 bits per heavy atom. The Bertz CT molecular complexity index is 724. The fraction of sp³-hybridized carbons (Fsp3) is 0.471. The number of aliphatic carboxylic acids is 1. The van der Waals surface area contributed by atoms with Crippen LogP contribution >= 0.6 is 11.3 Å². The SMILES string of the molecule is CCc1c(C(=O)NNC(=O)[C@@H]2[C@@H](C(=O)[O-])[C@H]3C=C[C@H]2C3)csc1C. The highest BCUT2D eigenvalue weighted by Crippen LogP contribution is 2.47. The number of carboxylic acid groups (broad SMARTS) is 1. The molecule has 1 heterocycles. The highest BCUT2D eigenvalue weighted by molar-refractivity contribution is 7.10. The van der Waals surface area contributed by atoms with Crippen LogP contribution in [-0.2, 0) is 16.0 Å². The van der Waals surface area contributed by atoms with E-state index >= 15 is 0 Å². The first kappa shape index (κ1) is 16.7. The molecule has 0 saturated heterocycles. The molecule has 24 heavy (non-hydrogen) atoms. The molecule has 4 atom stereocenters. The van der Waals surface area contributed by atoms with E-state index in [0.29, 0.717) is 12.0 Å². The average molecular weight is 347 g/mol. The first-order valence-corrected chi connectivity index (χ1v) is 8.88. The lowest BCUT2D eigenvalue weighted by Gasteiger charge is -2.27. The molecule has 2 aliphatic rings. The monoisotopic (exact) mass is 347 g/mol. The number of amides is 2. The summed E-state index contributed by atoms with van der Waals surface area (Å²) in [6.45, 7) is 3.92. The molecule has 3 rings (SSSR count). The van der Waals surface area contributed by atoms with Gasteiger partial charge in [0.15, 0.2) is 0 Å². The number of nitrogens with one attached hydrogen (secondary N) is 2. The molecule has 7 heteroatoms. The van der Waals surface area contributed by atoms with Crippen molar-refractivity contribution in [3.63, 3.8) is 0 Å². The van der Waals surface area contributed by atoms with Crippen molar-refractivity contribution in [2.45, 2.75) is 26.7 Å². The second-order valence-electron chi connectivity index (χ2n) is 6.30. The zero-order chi connectivity index (χ0) is 17.4. The zero-order valence-electron chi connectivity index (χ0n) is 13.5. The second kappa shape index (κ2) is 6.39. The zero-order valence-corrected chi connectivity index (χ0v) is 14.3. The molecule has 0 aromatic carbocycles. The van der Waals surface area contributed by atoms with Crippen molar-refractivity contribution in [1.82, 2.24) is 10.9 Å². The lowest BCUT2D eigenvalue weighted by Crippen LogP contribution is -2.50. The minimum absolute atomic E-state index is 0.107. The van der Waals surface area contributed by atoms with Gasteiger partial charge in [0.2, 0.25) is 5.91 Å². The first-order chi connectivity index (χ1) is 11.4. The number of carboxylic acids is 1. The van der Waals surface area contributed by atoms with E-state index in [4.69, 9.17) is 0 Å². The Morgan fingerprint density at radius 2 is 1.88 bits per heavy atom. The van der Waals surface area contributed by atoms with Gasteiger partial charge >= 0.3 is 0 Å². The van der Waals surface area contributed by atoms with E-state index in [2.05, 4.69) is 10.9 Å². The molecule has 2 N–H and O–H groups in total. The van der Waals surface area contributed by atoms with Crippen molar-refractivity contribution >= 4 is 29.1 Å². The summed E-state index contributed by atoms with van der Waals surface area (Å²) >= 11 is 1.49. The number of carbonyl (C=O) groups excluding carboxylic acids is 3. The number of aryl methyl sites for hydroxylation is 1. The minimum atomic E-state index is -1.21. The maximum absolute atomic E-state index is 12.4. The van der Waals surface area contributed by atoms with Gasteiger partial charge in [0.25, 0.3) is 5.91 Å². The van der Waals surface area contributed by atoms with Gasteiger partial charge in [0.1, 0.15) is 0 Å². The number of fused-ring (bicyclic) bond motifs is 2. The third-order valence-electron chi connectivity index (χ3n) is 5.04. The van der Waals surface area contributed by atoms with Gasteiger partial charge in [-0.2, -0.15) is 0 Å². The molecule has 1 aromatic rings. The normalized spacial score (nSPS) is 27.2. The Morgan fingerprint density at radius 3 is 2.50 bits per heavy atom. The van der Waals surface area contributed by atoms with Crippen molar-refractivity contribution in [3.8, 4) is 0 Å². The molecular formula is C17H19N2O4S-. The molecule has 1 saturated carbocycles. The van der Waals surface area contributed by atoms with Crippen molar-refractivity contribution in [2.75, 3.05) is 0 Å². The third-order valence-corrected chi connectivity index (χ3v) is 5.99. The number of hydrogen-bond donors (Lipinski definition) is 2. The topological polar surface area (TPSA) is 98.3 Å². The Labute approximate surface area is 143 Å². The lowest BCUT2D eigenvalue weighted by molar-refractivity contribution is -0.313. The van der Waals surface area contributed by atoms with E-state index in [0.717, 1.165) is 16.9 Å². The fourth-order valence-electron chi connectivity index (χ4n) is 3.88. The second-order valence-corrected chi connectivity index (χ2v) is 7.38. The quantitative estimate of drug-likeness (QED) is 0.614. The van der Waals surface area contributed by atoms with Crippen LogP contribution in [0.5, 0.6) is 0 Å². The molecule has 2 amide bonds. The van der Waals surface area contributed by atoms with Crippen LogP contribution in [0, 0.1) is 30.6 Å². The highest BCUT2D eigenvalue weighted by Gasteiger charge is 2.48. The molecule has 0 unspecified atom stereocenters. The van der Waals surface area contributed by atoms with Crippen LogP contribution in [0.3, 0.4) is 0 Å². The average Bonchev–Trinajstić information content (AvgIpc) is 3.25. The molecule has 0 radical (unpaired) electrons. The van der Waals surface area contributed by atoms with Crippen LogP contribution in [0.2, 0.25) is 0 Å². The summed E-state index contributed by atoms with van der Waals surface area (Å²) in [6.07, 6.45) is 5.10. The van der Waals surface area contributed by atoms with Crippen LogP contribution in [-0.4, -0.2) is 17.8 Å². The van der Waals surface area contributed by atoms with E-state index in [1.165, 1.54) is 11.3 Å². The van der Waals surface area contributed by atoms with E-state index in [1.54, 1.807) is 5.38 Å². The van der Waals surface area contributed by atoms with Gasteiger partial charge in [0.05, 0.1) is 11.5 Å². The van der Waals surface area contributed by atoms with E-state index in [-0.39, 0.29) is 17.7 Å². The number of carbonyl (C=O) groups is 3. The van der Waals surface area contributed by atoms with Crippen LogP contribution in [0.4, 0.5) is 0 Å². The van der Waals surface area contributed by atoms with E-state index in [1.807, 2.05) is 26.0 Å². The number of thiophene rings is 1. The van der Waals surface area contributed by atoms with Crippen LogP contribution in [0.15, 0.2) is 17.5 Å². The molecule has 0 aliphatic heterocycles. The van der Waals surface area contributed by atoms with Crippen LogP contribution in [0.1, 0.15) is 34.1 Å². The largest absolute Gasteiger partial charge is 0.550 e. The summed E-state index contributed by atoms with van der Waals surface area (Å²) in [5.74, 6) is -3.85. The Balaban J connectivity index is 1.66. The van der Waals surface area contributed by atoms with Crippen LogP contribution < -0.4 is 16.0 Å². The van der Waals surface area contributed by atoms with Crippen molar-refractivity contribution in [1.29, 1.82) is 0 Å². The van der Waals surface area contributed by atoms with Crippen LogP contribution in [0.25, 0.3) is 0 Å². The van der Waals surface area contributed by atoms with Gasteiger partial charge in [-0.15, -0.1) is 11.3 Å². The van der Waals surface area contributed by atoms with Gasteiger partial charge in [-0.1, -0.05) is 19.1 Å². The molecule has 0 spiro atoms. The molecule has 1 aromatic heterocycles. The molecule has 2 bridgehead atoms. The van der Waals surface area contributed by atoms with E-state index < -0.39 is 23.7 Å². The maximum atomic E-state index is 12.4. The van der Waals surface area contributed by atoms with Gasteiger partial charge < -0.3 is 9.90 Å². The van der Waals surface area contributed by atoms with Gasteiger partial charge in [-0.05, 0) is 37.2 Å². The van der Waals surface area contributed by atoms with Crippen molar-refractivity contribution in [3.05, 3.63) is 33.5 Å². The fourth-order valence-corrected chi connectivity index (χ4v) is 4.82. The first-order valence-electron chi connectivity index (χ1n) is 8.00. The lowest BCUT2D eigenvalue weighted by atomic mass is 9.82. The summed E-state index contributed by atoms with van der Waals surface area (Å²) in [5.41, 5.74) is 6.31. The standard InChI is InChI=1S/C17H20N2O4S/c1-3-11-8(2)24-7-12(11)15(20)18-19-16(21)13-9-4-5-10(6-9)14(13)17(22)23/h4-5,7,9-10,13-14H,3,6H2,1-2H3,(H,18,20)(H,19,21)(H,22,23)/p-1/t9-,10-,13-,14-/m0/s1. The summed E-state index contributed by atoms with van der Waals surface area (Å²) in [7, 11) is 0. The van der Waals surface area contributed by atoms with Crippen molar-refractivity contribution < 1.29 is 19.5 Å². The predicted octanol–water partition coefficient (Wildman–Crippen LogP) is 0.568. The molecular weight excluding hydrogens is 328 g/mol. The van der Waals surface area contributed by atoms with E-state index in [9.17, 15) is 19.5 Å². The Hall–Kier alpha value is -2.15.